The van der Waals surface area contributed by atoms with Gasteiger partial charge in [0.15, 0.2) is 0 Å². The van der Waals surface area contributed by atoms with Gasteiger partial charge >= 0.3 is 0 Å². The van der Waals surface area contributed by atoms with Gasteiger partial charge in [0.2, 0.25) is 0 Å². The molecule has 0 atom stereocenters. The summed E-state index contributed by atoms with van der Waals surface area (Å²) in [6.45, 7) is 8.45. The second-order valence-corrected chi connectivity index (χ2v) is 6.48. The van der Waals surface area contributed by atoms with Crippen LogP contribution in [0, 0.1) is 6.92 Å². The van der Waals surface area contributed by atoms with Gasteiger partial charge in [-0.2, -0.15) is 0 Å². The third-order valence-corrected chi connectivity index (χ3v) is 4.61. The molecule has 2 aromatic rings. The molecule has 23 heavy (non-hydrogen) atoms. The van der Waals surface area contributed by atoms with Crippen LogP contribution in [0.1, 0.15) is 44.6 Å². The van der Waals surface area contributed by atoms with Crippen molar-refractivity contribution in [3.63, 3.8) is 0 Å². The van der Waals surface area contributed by atoms with Crippen molar-refractivity contribution in [2.24, 2.45) is 0 Å². The highest BCUT2D eigenvalue weighted by Crippen LogP contribution is 2.32. The van der Waals surface area contributed by atoms with Crippen molar-refractivity contribution < 1.29 is 0 Å². The van der Waals surface area contributed by atoms with E-state index < -0.39 is 0 Å². The summed E-state index contributed by atoms with van der Waals surface area (Å²) < 4.78 is 0. The number of hydrogen-bond acceptors (Lipinski definition) is 3. The second kappa shape index (κ2) is 6.95. The quantitative estimate of drug-likeness (QED) is 0.784. The lowest BCUT2D eigenvalue weighted by atomic mass is 9.93. The van der Waals surface area contributed by atoms with E-state index in [4.69, 9.17) is 4.98 Å². The predicted molar refractivity (Wildman–Crippen MR) is 96.4 cm³/mol. The number of rotatable bonds is 4. The molecular formula is C20H25N3. The molecule has 0 N–H and O–H groups in total. The molecule has 3 rings (SSSR count). The minimum absolute atomic E-state index is 0.525. The molecule has 2 heterocycles. The standard InChI is InChI=1S/C20H25N3/c1-15(2)23(18-9-5-4-6-10-18)20-16(3)11-12-19(22-20)17-8-7-13-21-14-17/h7-8,11-14,18H,1,4-6,9-10H2,2-3H3. The third kappa shape index (κ3) is 3.44. The number of aryl methyl sites for hydroxylation is 1. The summed E-state index contributed by atoms with van der Waals surface area (Å²) in [5, 5.41) is 0. The molecule has 0 amide bonds. The minimum atomic E-state index is 0.525. The molecule has 2 aromatic heterocycles. The molecule has 0 saturated heterocycles. The molecule has 1 fully saturated rings. The Morgan fingerprint density at radius 2 is 1.96 bits per heavy atom. The van der Waals surface area contributed by atoms with Crippen molar-refractivity contribution in [2.75, 3.05) is 4.90 Å². The van der Waals surface area contributed by atoms with Gasteiger partial charge in [-0.1, -0.05) is 31.9 Å². The molecule has 0 aliphatic heterocycles. The lowest BCUT2D eigenvalue weighted by molar-refractivity contribution is 0.427. The first-order chi connectivity index (χ1) is 11.2. The Bertz CT molecular complexity index is 673. The highest BCUT2D eigenvalue weighted by molar-refractivity contribution is 5.63. The first-order valence-corrected chi connectivity index (χ1v) is 8.49. The summed E-state index contributed by atoms with van der Waals surface area (Å²) in [5.74, 6) is 1.05. The molecule has 3 heteroatoms. The van der Waals surface area contributed by atoms with E-state index in [1.54, 1.807) is 6.20 Å². The van der Waals surface area contributed by atoms with Gasteiger partial charge in [-0.3, -0.25) is 4.98 Å². The number of hydrogen-bond donors (Lipinski definition) is 0. The van der Waals surface area contributed by atoms with Crippen LogP contribution in [0.15, 0.2) is 48.9 Å². The summed E-state index contributed by atoms with van der Waals surface area (Å²) in [6.07, 6.45) is 10.1. The van der Waals surface area contributed by atoms with Gasteiger partial charge < -0.3 is 4.90 Å². The molecule has 1 aliphatic carbocycles. The fraction of sp³-hybridized carbons (Fsp3) is 0.400. The molecule has 0 spiro atoms. The summed E-state index contributed by atoms with van der Waals surface area (Å²) in [7, 11) is 0. The lowest BCUT2D eigenvalue weighted by Gasteiger charge is -2.36. The van der Waals surface area contributed by atoms with Crippen LogP contribution in [-0.2, 0) is 0 Å². The summed E-state index contributed by atoms with van der Waals surface area (Å²) in [6, 6.07) is 8.77. The van der Waals surface area contributed by atoms with Crippen molar-refractivity contribution in [2.45, 2.75) is 52.0 Å². The van der Waals surface area contributed by atoms with Gasteiger partial charge in [0.25, 0.3) is 0 Å². The predicted octanol–water partition coefficient (Wildman–Crippen LogP) is 5.12. The van der Waals surface area contributed by atoms with Crippen LogP contribution < -0.4 is 4.90 Å². The van der Waals surface area contributed by atoms with Crippen molar-refractivity contribution in [3.8, 4) is 11.3 Å². The van der Waals surface area contributed by atoms with Crippen molar-refractivity contribution in [1.82, 2.24) is 9.97 Å². The Labute approximate surface area is 139 Å². The van der Waals surface area contributed by atoms with Gasteiger partial charge in [0.05, 0.1) is 5.69 Å². The van der Waals surface area contributed by atoms with Gasteiger partial charge in [-0.25, -0.2) is 4.98 Å². The average Bonchev–Trinajstić information content (AvgIpc) is 2.58. The highest BCUT2D eigenvalue weighted by atomic mass is 15.2. The van der Waals surface area contributed by atoms with Crippen molar-refractivity contribution in [1.29, 1.82) is 0 Å². The fourth-order valence-corrected chi connectivity index (χ4v) is 3.44. The van der Waals surface area contributed by atoms with Crippen molar-refractivity contribution in [3.05, 3.63) is 54.5 Å². The van der Waals surface area contributed by atoms with Gasteiger partial charge in [0, 0.05) is 29.7 Å². The maximum absolute atomic E-state index is 4.96. The van der Waals surface area contributed by atoms with E-state index in [0.717, 1.165) is 22.8 Å². The topological polar surface area (TPSA) is 29.0 Å². The Kier molecular flexibility index (Phi) is 4.75. The summed E-state index contributed by atoms with van der Waals surface area (Å²) in [4.78, 5) is 11.5. The molecule has 0 unspecified atom stereocenters. The van der Waals surface area contributed by atoms with E-state index in [2.05, 4.69) is 48.5 Å². The molecular weight excluding hydrogens is 282 g/mol. The number of allylic oxidation sites excluding steroid dienone is 1. The van der Waals surface area contributed by atoms with Crippen LogP contribution in [0.4, 0.5) is 5.82 Å². The zero-order chi connectivity index (χ0) is 16.2. The normalized spacial score (nSPS) is 15.4. The van der Waals surface area contributed by atoms with Crippen LogP contribution in [0.25, 0.3) is 11.3 Å². The molecule has 1 aliphatic rings. The maximum Gasteiger partial charge on any atom is 0.136 e. The first kappa shape index (κ1) is 15.7. The van der Waals surface area contributed by atoms with Crippen LogP contribution in [0.3, 0.4) is 0 Å². The van der Waals surface area contributed by atoms with E-state index in [-0.39, 0.29) is 0 Å². The Balaban J connectivity index is 2.00. The zero-order valence-electron chi connectivity index (χ0n) is 14.1. The fourth-order valence-electron chi connectivity index (χ4n) is 3.44. The Morgan fingerprint density at radius 1 is 1.17 bits per heavy atom. The molecule has 120 valence electrons. The largest absolute Gasteiger partial charge is 0.328 e. The number of pyridine rings is 2. The first-order valence-electron chi connectivity index (χ1n) is 8.49. The molecule has 0 aromatic carbocycles. The average molecular weight is 307 g/mol. The molecule has 0 bridgehead atoms. The van der Waals surface area contributed by atoms with Gasteiger partial charge in [0.1, 0.15) is 5.82 Å². The van der Waals surface area contributed by atoms with E-state index >= 15 is 0 Å². The van der Waals surface area contributed by atoms with Crippen LogP contribution in [0.5, 0.6) is 0 Å². The Hall–Kier alpha value is -2.16. The number of nitrogens with zero attached hydrogens (tertiary/aromatic N) is 3. The summed E-state index contributed by atoms with van der Waals surface area (Å²) >= 11 is 0. The number of aromatic nitrogens is 2. The minimum Gasteiger partial charge on any atom is -0.328 e. The maximum atomic E-state index is 4.96. The monoisotopic (exact) mass is 307 g/mol. The molecule has 0 radical (unpaired) electrons. The highest BCUT2D eigenvalue weighted by Gasteiger charge is 2.24. The van der Waals surface area contributed by atoms with Gasteiger partial charge in [-0.05, 0) is 50.5 Å². The van der Waals surface area contributed by atoms with E-state index in [9.17, 15) is 0 Å². The van der Waals surface area contributed by atoms with Crippen LogP contribution >= 0.6 is 0 Å². The van der Waals surface area contributed by atoms with Crippen LogP contribution in [0.2, 0.25) is 0 Å². The molecule has 1 saturated carbocycles. The Morgan fingerprint density at radius 3 is 2.61 bits per heavy atom. The van der Waals surface area contributed by atoms with E-state index in [1.165, 1.54) is 37.7 Å². The summed E-state index contributed by atoms with van der Waals surface area (Å²) in [5.41, 5.74) is 4.31. The number of anilines is 1. The smallest absolute Gasteiger partial charge is 0.136 e. The van der Waals surface area contributed by atoms with E-state index in [1.807, 2.05) is 12.3 Å². The molecule has 3 nitrogen and oxygen atoms in total. The lowest BCUT2D eigenvalue weighted by Crippen LogP contribution is -2.36. The third-order valence-electron chi connectivity index (χ3n) is 4.61. The van der Waals surface area contributed by atoms with Crippen molar-refractivity contribution >= 4 is 5.82 Å². The second-order valence-electron chi connectivity index (χ2n) is 6.48. The zero-order valence-corrected chi connectivity index (χ0v) is 14.1. The van der Waals surface area contributed by atoms with E-state index in [0.29, 0.717) is 6.04 Å². The SMILES string of the molecule is C=C(C)N(c1nc(-c2cccnc2)ccc1C)C1CCCCC1. The van der Waals surface area contributed by atoms with Gasteiger partial charge in [-0.15, -0.1) is 0 Å². The van der Waals surface area contributed by atoms with Crippen LogP contribution in [-0.4, -0.2) is 16.0 Å².